The molecule has 2 fully saturated rings. The third kappa shape index (κ3) is 4.05. The van der Waals surface area contributed by atoms with Gasteiger partial charge in [0.05, 0.1) is 6.04 Å². The molecule has 2 atom stereocenters. The first kappa shape index (κ1) is 18.0. The Morgan fingerprint density at radius 1 is 1.28 bits per heavy atom. The van der Waals surface area contributed by atoms with Crippen molar-refractivity contribution in [3.63, 3.8) is 0 Å². The summed E-state index contributed by atoms with van der Waals surface area (Å²) in [6.07, 6.45) is 11.2. The zero-order chi connectivity index (χ0) is 17.8. The molecule has 1 saturated heterocycles. The van der Waals surface area contributed by atoms with Crippen LogP contribution in [0.25, 0.3) is 0 Å². The molecule has 138 valence electrons. The number of nitrogens with one attached hydrogen (secondary N) is 1. The smallest absolute Gasteiger partial charge is 0.245 e. The van der Waals surface area contributed by atoms with Gasteiger partial charge in [0.15, 0.2) is 0 Å². The molecule has 0 aromatic carbocycles. The third-order valence-electron chi connectivity index (χ3n) is 5.66. The van der Waals surface area contributed by atoms with Crippen LogP contribution in [0.5, 0.6) is 0 Å². The van der Waals surface area contributed by atoms with Crippen LogP contribution >= 0.6 is 0 Å². The molecule has 1 aliphatic carbocycles. The van der Waals surface area contributed by atoms with Gasteiger partial charge in [-0.2, -0.15) is 0 Å². The molecule has 1 aromatic heterocycles. The predicted octanol–water partition coefficient (Wildman–Crippen LogP) is 2.30. The predicted molar refractivity (Wildman–Crippen MR) is 96.0 cm³/mol. The minimum atomic E-state index is -0.354. The quantitative estimate of drug-likeness (QED) is 0.889. The summed E-state index contributed by atoms with van der Waals surface area (Å²) in [6.45, 7) is 5.12. The highest BCUT2D eigenvalue weighted by Gasteiger charge is 2.36. The first-order chi connectivity index (χ1) is 12.1. The van der Waals surface area contributed by atoms with Crippen molar-refractivity contribution in [1.29, 1.82) is 0 Å². The highest BCUT2D eigenvalue weighted by Crippen LogP contribution is 2.30. The Hall–Kier alpha value is -1.85. The highest BCUT2D eigenvalue weighted by atomic mass is 16.2. The topological polar surface area (TPSA) is 67.2 Å². The van der Waals surface area contributed by atoms with Gasteiger partial charge in [0.2, 0.25) is 11.8 Å². The number of imidazole rings is 1. The van der Waals surface area contributed by atoms with Crippen molar-refractivity contribution in [3.8, 4) is 0 Å². The van der Waals surface area contributed by atoms with E-state index in [0.29, 0.717) is 6.54 Å². The fraction of sp³-hybridized carbons (Fsp3) is 0.737. The number of rotatable bonds is 5. The minimum Gasteiger partial charge on any atom is -0.344 e. The van der Waals surface area contributed by atoms with E-state index < -0.39 is 0 Å². The van der Waals surface area contributed by atoms with Crippen molar-refractivity contribution < 1.29 is 9.59 Å². The molecule has 0 unspecified atom stereocenters. The van der Waals surface area contributed by atoms with Crippen LogP contribution in [0.4, 0.5) is 0 Å². The average Bonchev–Trinajstić information content (AvgIpc) is 3.30. The van der Waals surface area contributed by atoms with E-state index in [1.807, 2.05) is 17.3 Å². The largest absolute Gasteiger partial charge is 0.344 e. The van der Waals surface area contributed by atoms with Gasteiger partial charge in [-0.25, -0.2) is 4.98 Å². The molecule has 2 amide bonds. The van der Waals surface area contributed by atoms with E-state index in [2.05, 4.69) is 21.8 Å². The van der Waals surface area contributed by atoms with Crippen LogP contribution in [0.3, 0.4) is 0 Å². The number of aromatic nitrogens is 2. The summed E-state index contributed by atoms with van der Waals surface area (Å²) in [7, 11) is 0. The minimum absolute atomic E-state index is 0.102. The second-order valence-corrected chi connectivity index (χ2v) is 7.41. The Labute approximate surface area is 150 Å². The van der Waals surface area contributed by atoms with Gasteiger partial charge in [-0.1, -0.05) is 19.8 Å². The van der Waals surface area contributed by atoms with Gasteiger partial charge in [-0.15, -0.1) is 0 Å². The summed E-state index contributed by atoms with van der Waals surface area (Å²) >= 11 is 0. The maximum Gasteiger partial charge on any atom is 0.245 e. The van der Waals surface area contributed by atoms with E-state index in [4.69, 9.17) is 0 Å². The Morgan fingerprint density at radius 3 is 2.72 bits per heavy atom. The molecule has 1 saturated carbocycles. The van der Waals surface area contributed by atoms with Crippen molar-refractivity contribution in [2.75, 3.05) is 13.1 Å². The van der Waals surface area contributed by atoms with E-state index >= 15 is 0 Å². The molecular formula is C19H30N4O2. The van der Waals surface area contributed by atoms with Crippen molar-refractivity contribution in [2.24, 2.45) is 5.92 Å². The molecule has 25 heavy (non-hydrogen) atoms. The highest BCUT2D eigenvalue weighted by molar-refractivity contribution is 5.87. The second-order valence-electron chi connectivity index (χ2n) is 7.41. The zero-order valence-electron chi connectivity index (χ0n) is 15.4. The lowest BCUT2D eigenvalue weighted by atomic mass is 9.95. The van der Waals surface area contributed by atoms with Gasteiger partial charge >= 0.3 is 0 Å². The number of hydrogen-bond acceptors (Lipinski definition) is 3. The van der Waals surface area contributed by atoms with Crippen molar-refractivity contribution >= 4 is 11.8 Å². The zero-order valence-corrected chi connectivity index (χ0v) is 15.4. The van der Waals surface area contributed by atoms with E-state index in [0.717, 1.165) is 57.3 Å². The van der Waals surface area contributed by atoms with E-state index in [1.54, 1.807) is 0 Å². The monoisotopic (exact) mass is 346 g/mol. The number of hydrogen-bond donors (Lipinski definition) is 1. The van der Waals surface area contributed by atoms with E-state index in [-0.39, 0.29) is 29.8 Å². The summed E-state index contributed by atoms with van der Waals surface area (Å²) in [5.41, 5.74) is 0. The first-order valence-corrected chi connectivity index (χ1v) is 9.67. The van der Waals surface area contributed by atoms with Crippen LogP contribution in [0.15, 0.2) is 12.4 Å². The number of amides is 2. The molecule has 2 aliphatic rings. The number of carbonyl (C=O) groups is 2. The van der Waals surface area contributed by atoms with Gasteiger partial charge in [0.25, 0.3) is 0 Å². The van der Waals surface area contributed by atoms with Crippen molar-refractivity contribution in [3.05, 3.63) is 18.2 Å². The first-order valence-electron chi connectivity index (χ1n) is 9.67. The number of likely N-dealkylation sites (tertiary alicyclic amines) is 1. The molecule has 0 bridgehead atoms. The molecule has 1 aromatic rings. The van der Waals surface area contributed by atoms with Crippen LogP contribution in [-0.4, -0.2) is 45.4 Å². The Kier molecular flexibility index (Phi) is 5.76. The molecule has 6 heteroatoms. The number of nitrogens with zero attached hydrogens (tertiary/aromatic N) is 3. The molecule has 3 rings (SSSR count). The molecule has 6 nitrogen and oxygen atoms in total. The van der Waals surface area contributed by atoms with E-state index in [1.165, 1.54) is 6.92 Å². The van der Waals surface area contributed by atoms with Crippen LogP contribution in [0.1, 0.15) is 64.2 Å². The van der Waals surface area contributed by atoms with E-state index in [9.17, 15) is 9.59 Å². The molecule has 1 N–H and O–H groups in total. The second kappa shape index (κ2) is 8.02. The number of aryl methyl sites for hydroxylation is 1. The number of carbonyl (C=O) groups excluding carboxylic acids is 2. The van der Waals surface area contributed by atoms with Crippen LogP contribution < -0.4 is 5.32 Å². The fourth-order valence-corrected chi connectivity index (χ4v) is 4.42. The van der Waals surface area contributed by atoms with Crippen LogP contribution in [0.2, 0.25) is 0 Å². The lowest BCUT2D eigenvalue weighted by molar-refractivity contribution is -0.139. The molecular weight excluding hydrogens is 316 g/mol. The summed E-state index contributed by atoms with van der Waals surface area (Å²) in [5, 5.41) is 2.94. The summed E-state index contributed by atoms with van der Waals surface area (Å²) < 4.78 is 2.22. The molecule has 0 radical (unpaired) electrons. The Balaban J connectivity index is 1.72. The lowest BCUT2D eigenvalue weighted by Gasteiger charge is -2.37. The van der Waals surface area contributed by atoms with Gasteiger partial charge in [0, 0.05) is 38.8 Å². The van der Waals surface area contributed by atoms with Gasteiger partial charge in [-0.05, 0) is 31.6 Å². The maximum absolute atomic E-state index is 13.2. The van der Waals surface area contributed by atoms with Crippen LogP contribution in [0, 0.1) is 5.92 Å². The normalized spacial score (nSPS) is 22.8. The maximum atomic E-state index is 13.2. The standard InChI is InChI=1S/C19H30N4O2/c1-3-17-20-10-12-23(17)16-9-6-11-22(13-16)19(25)18(21-14(2)24)15-7-4-5-8-15/h10,12,15-16,18H,3-9,11,13H2,1-2H3,(H,21,24)/t16-,18-/m1/s1. The lowest BCUT2D eigenvalue weighted by Crippen LogP contribution is -2.53. The molecule has 2 heterocycles. The number of piperidine rings is 1. The molecule has 0 spiro atoms. The van der Waals surface area contributed by atoms with Crippen LogP contribution in [-0.2, 0) is 16.0 Å². The van der Waals surface area contributed by atoms with Gasteiger partial charge in [0.1, 0.15) is 11.9 Å². The van der Waals surface area contributed by atoms with Gasteiger partial charge in [-0.3, -0.25) is 9.59 Å². The van der Waals surface area contributed by atoms with Crippen molar-refractivity contribution in [1.82, 2.24) is 19.8 Å². The fourth-order valence-electron chi connectivity index (χ4n) is 4.42. The summed E-state index contributed by atoms with van der Waals surface area (Å²) in [6, 6.07) is -0.0658. The Bertz CT molecular complexity index is 606. The summed E-state index contributed by atoms with van der Waals surface area (Å²) in [4.78, 5) is 31.2. The third-order valence-corrected chi connectivity index (χ3v) is 5.66. The SMILES string of the molecule is CCc1nccn1[C@@H]1CCCN(C(=O)[C@H](NC(C)=O)C2CCCC2)C1. The van der Waals surface area contributed by atoms with Gasteiger partial charge < -0.3 is 14.8 Å². The summed E-state index contributed by atoms with van der Waals surface area (Å²) in [5.74, 6) is 1.36. The van der Waals surface area contributed by atoms with Crippen molar-refractivity contribution in [2.45, 2.75) is 70.9 Å². The average molecular weight is 346 g/mol. The Morgan fingerprint density at radius 2 is 2.04 bits per heavy atom. The molecule has 1 aliphatic heterocycles.